The van der Waals surface area contributed by atoms with E-state index < -0.39 is 12.1 Å². The number of ketones is 1. The van der Waals surface area contributed by atoms with E-state index in [2.05, 4.69) is 4.74 Å². The molecule has 1 N–H and O–H groups in total. The van der Waals surface area contributed by atoms with Crippen LogP contribution in [-0.2, 0) is 0 Å². The molecule has 2 rings (SSSR count). The molecule has 0 radical (unpaired) electrons. The van der Waals surface area contributed by atoms with Gasteiger partial charge in [0, 0.05) is 5.56 Å². The molecule has 0 atom stereocenters. The second-order valence-electron chi connectivity index (χ2n) is 4.93. The van der Waals surface area contributed by atoms with E-state index in [4.69, 9.17) is 4.74 Å². The van der Waals surface area contributed by atoms with E-state index in [9.17, 15) is 23.1 Å². The Hall–Kier alpha value is -2.96. The summed E-state index contributed by atoms with van der Waals surface area (Å²) in [5.41, 5.74) is 0.848. The van der Waals surface area contributed by atoms with E-state index in [0.29, 0.717) is 17.9 Å². The molecule has 0 fully saturated rings. The largest absolute Gasteiger partial charge is 0.573 e. The van der Waals surface area contributed by atoms with Crippen molar-refractivity contribution in [1.29, 1.82) is 0 Å². The molecular weight excluding hydrogens is 337 g/mol. The minimum absolute atomic E-state index is 0.00872. The van der Waals surface area contributed by atoms with Crippen molar-refractivity contribution in [3.05, 3.63) is 59.7 Å². The maximum absolute atomic E-state index is 12.1. The second kappa shape index (κ2) is 7.74. The smallest absolute Gasteiger partial charge is 0.504 e. The molecule has 2 aromatic carbocycles. The molecule has 0 aliphatic carbocycles. The lowest BCUT2D eigenvalue weighted by Crippen LogP contribution is -2.17. The van der Waals surface area contributed by atoms with Crippen LogP contribution in [0, 0.1) is 0 Å². The van der Waals surface area contributed by atoms with Crippen LogP contribution < -0.4 is 9.47 Å². The fourth-order valence-electron chi connectivity index (χ4n) is 1.99. The average Bonchev–Trinajstić information content (AvgIpc) is 2.54. The highest BCUT2D eigenvalue weighted by atomic mass is 19.4. The minimum Gasteiger partial charge on any atom is -0.504 e. The number of rotatable bonds is 6. The van der Waals surface area contributed by atoms with E-state index >= 15 is 0 Å². The highest BCUT2D eigenvalue weighted by Gasteiger charge is 2.30. The third-order valence-electron chi connectivity index (χ3n) is 3.08. The Kier molecular flexibility index (Phi) is 5.69. The summed E-state index contributed by atoms with van der Waals surface area (Å²) in [5.74, 6) is -0.492. The van der Waals surface area contributed by atoms with Crippen LogP contribution in [0.2, 0.25) is 0 Å². The summed E-state index contributed by atoms with van der Waals surface area (Å²) in [6, 6.07) is 9.25. The zero-order valence-electron chi connectivity index (χ0n) is 13.2. The summed E-state index contributed by atoms with van der Waals surface area (Å²) in [5, 5.41) is 9.62. The Balaban J connectivity index is 2.08. The molecule has 0 unspecified atom stereocenters. The fraction of sp³-hybridized carbons (Fsp3) is 0.167. The number of hydrogen-bond acceptors (Lipinski definition) is 4. The summed E-state index contributed by atoms with van der Waals surface area (Å²) in [4.78, 5) is 12.1. The van der Waals surface area contributed by atoms with E-state index in [1.54, 1.807) is 19.1 Å². The number of halogens is 3. The van der Waals surface area contributed by atoms with Crippen LogP contribution in [0.25, 0.3) is 6.08 Å². The maximum atomic E-state index is 12.1. The van der Waals surface area contributed by atoms with Gasteiger partial charge in [-0.25, -0.2) is 0 Å². The Morgan fingerprint density at radius 3 is 2.44 bits per heavy atom. The molecule has 0 amide bonds. The molecule has 0 bridgehead atoms. The van der Waals surface area contributed by atoms with Gasteiger partial charge in [0.15, 0.2) is 17.3 Å². The maximum Gasteiger partial charge on any atom is 0.573 e. The van der Waals surface area contributed by atoms with Crippen molar-refractivity contribution >= 4 is 11.9 Å². The summed E-state index contributed by atoms with van der Waals surface area (Å²) >= 11 is 0. The number of phenolic OH excluding ortho intramolecular Hbond substituents is 1. The first-order valence-electron chi connectivity index (χ1n) is 7.32. The molecule has 0 spiro atoms. The molecule has 0 saturated heterocycles. The Labute approximate surface area is 142 Å². The van der Waals surface area contributed by atoms with E-state index in [1.807, 2.05) is 0 Å². The zero-order valence-corrected chi connectivity index (χ0v) is 13.2. The second-order valence-corrected chi connectivity index (χ2v) is 4.93. The number of aromatic hydroxyl groups is 1. The molecule has 0 aliphatic rings. The zero-order chi connectivity index (χ0) is 18.4. The third kappa shape index (κ3) is 5.56. The molecule has 0 aliphatic heterocycles. The topological polar surface area (TPSA) is 55.8 Å². The number of alkyl halides is 3. The number of carbonyl (C=O) groups excluding carboxylic acids is 1. The number of allylic oxidation sites excluding steroid dienone is 1. The highest BCUT2D eigenvalue weighted by molar-refractivity contribution is 6.06. The quantitative estimate of drug-likeness (QED) is 0.610. The normalized spacial score (nSPS) is 11.5. The first-order chi connectivity index (χ1) is 11.8. The number of hydrogen-bond donors (Lipinski definition) is 1. The van der Waals surface area contributed by atoms with Crippen molar-refractivity contribution in [2.24, 2.45) is 0 Å². The van der Waals surface area contributed by atoms with Crippen LogP contribution in [0.1, 0.15) is 22.8 Å². The van der Waals surface area contributed by atoms with Crippen LogP contribution in [0.15, 0.2) is 48.5 Å². The highest BCUT2D eigenvalue weighted by Crippen LogP contribution is 2.27. The van der Waals surface area contributed by atoms with Gasteiger partial charge in [0.25, 0.3) is 0 Å². The van der Waals surface area contributed by atoms with E-state index in [-0.39, 0.29) is 17.1 Å². The summed E-state index contributed by atoms with van der Waals surface area (Å²) < 4.78 is 45.3. The van der Waals surface area contributed by atoms with Gasteiger partial charge in [-0.3, -0.25) is 4.79 Å². The van der Waals surface area contributed by atoms with Gasteiger partial charge in [-0.2, -0.15) is 0 Å². The third-order valence-corrected chi connectivity index (χ3v) is 3.08. The van der Waals surface area contributed by atoms with Gasteiger partial charge in [0.05, 0.1) is 6.61 Å². The predicted molar refractivity (Wildman–Crippen MR) is 85.8 cm³/mol. The molecular formula is C18H15F3O4. The van der Waals surface area contributed by atoms with Gasteiger partial charge in [0.2, 0.25) is 0 Å². The minimum atomic E-state index is -4.78. The van der Waals surface area contributed by atoms with Crippen molar-refractivity contribution in [3.8, 4) is 17.2 Å². The van der Waals surface area contributed by atoms with Gasteiger partial charge < -0.3 is 14.6 Å². The van der Waals surface area contributed by atoms with Crippen molar-refractivity contribution < 1.29 is 32.5 Å². The van der Waals surface area contributed by atoms with Crippen LogP contribution in [0.3, 0.4) is 0 Å². The Morgan fingerprint density at radius 1 is 1.16 bits per heavy atom. The monoisotopic (exact) mass is 352 g/mol. The standard InChI is InChI=1S/C18H15F3O4/c1-2-24-17-11-12(4-10-16(17)23)3-9-15(22)13-5-7-14(8-6-13)25-18(19,20)21/h3-11,23H,2H2,1H3/b9-3+. The van der Waals surface area contributed by atoms with Gasteiger partial charge in [-0.15, -0.1) is 13.2 Å². The molecule has 132 valence electrons. The van der Waals surface area contributed by atoms with Gasteiger partial charge in [0.1, 0.15) is 5.75 Å². The molecule has 4 nitrogen and oxygen atoms in total. The fourth-order valence-corrected chi connectivity index (χ4v) is 1.99. The number of phenols is 1. The lowest BCUT2D eigenvalue weighted by atomic mass is 10.1. The van der Waals surface area contributed by atoms with Crippen molar-refractivity contribution in [2.75, 3.05) is 6.61 Å². The summed E-state index contributed by atoms with van der Waals surface area (Å²) in [6.45, 7) is 2.16. The number of carbonyl (C=O) groups is 1. The van der Waals surface area contributed by atoms with E-state index in [0.717, 1.165) is 12.1 Å². The van der Waals surface area contributed by atoms with Crippen molar-refractivity contribution in [1.82, 2.24) is 0 Å². The Bertz CT molecular complexity index is 765. The first kappa shape index (κ1) is 18.4. The van der Waals surface area contributed by atoms with Crippen LogP contribution in [0.5, 0.6) is 17.2 Å². The average molecular weight is 352 g/mol. The van der Waals surface area contributed by atoms with Gasteiger partial charge in [-0.1, -0.05) is 12.1 Å². The molecule has 25 heavy (non-hydrogen) atoms. The first-order valence-corrected chi connectivity index (χ1v) is 7.32. The summed E-state index contributed by atoms with van der Waals surface area (Å²) in [7, 11) is 0. The van der Waals surface area contributed by atoms with Crippen LogP contribution in [0.4, 0.5) is 13.2 Å². The van der Waals surface area contributed by atoms with E-state index in [1.165, 1.54) is 30.4 Å². The number of benzene rings is 2. The van der Waals surface area contributed by atoms with Crippen LogP contribution in [-0.4, -0.2) is 23.9 Å². The molecule has 7 heteroatoms. The van der Waals surface area contributed by atoms with Gasteiger partial charge >= 0.3 is 6.36 Å². The van der Waals surface area contributed by atoms with Crippen molar-refractivity contribution in [3.63, 3.8) is 0 Å². The van der Waals surface area contributed by atoms with Gasteiger partial charge in [-0.05, 0) is 55.0 Å². The molecule has 0 aromatic heterocycles. The molecule has 0 saturated carbocycles. The molecule has 2 aromatic rings. The lowest BCUT2D eigenvalue weighted by molar-refractivity contribution is -0.274. The van der Waals surface area contributed by atoms with Crippen molar-refractivity contribution in [2.45, 2.75) is 13.3 Å². The number of ether oxygens (including phenoxy) is 2. The van der Waals surface area contributed by atoms with Crippen LogP contribution >= 0.6 is 0 Å². The SMILES string of the molecule is CCOc1cc(/C=C/C(=O)c2ccc(OC(F)(F)F)cc2)ccc1O. The molecule has 0 heterocycles. The Morgan fingerprint density at radius 2 is 1.84 bits per heavy atom. The summed E-state index contributed by atoms with van der Waals surface area (Å²) in [6.07, 6.45) is -1.98. The lowest BCUT2D eigenvalue weighted by Gasteiger charge is -2.08. The predicted octanol–water partition coefficient (Wildman–Crippen LogP) is 4.59.